The van der Waals surface area contributed by atoms with Gasteiger partial charge < -0.3 is 10.2 Å². The average molecular weight is 535 g/mol. The van der Waals surface area contributed by atoms with Gasteiger partial charge in [0, 0.05) is 32.0 Å². The van der Waals surface area contributed by atoms with Crippen molar-refractivity contribution in [3.05, 3.63) is 63.8 Å². The van der Waals surface area contributed by atoms with Gasteiger partial charge in [-0.1, -0.05) is 6.07 Å². The van der Waals surface area contributed by atoms with Crippen LogP contribution in [0, 0.1) is 5.92 Å². The van der Waals surface area contributed by atoms with Crippen LogP contribution >= 0.6 is 23.1 Å². The van der Waals surface area contributed by atoms with Crippen LogP contribution in [-0.4, -0.2) is 51.5 Å². The van der Waals surface area contributed by atoms with Crippen molar-refractivity contribution in [3.8, 4) is 10.6 Å². The summed E-state index contributed by atoms with van der Waals surface area (Å²) in [6, 6.07) is 9.61. The zero-order valence-corrected chi connectivity index (χ0v) is 21.9. The number of nitrogens with zero attached hydrogens (tertiary/aromatic N) is 4. The molecule has 190 valence electrons. The van der Waals surface area contributed by atoms with Gasteiger partial charge in [-0.2, -0.15) is 0 Å². The minimum atomic E-state index is -0.388. The van der Waals surface area contributed by atoms with Crippen LogP contribution < -0.4 is 15.5 Å². The first kappa shape index (κ1) is 25.2. The van der Waals surface area contributed by atoms with Crippen LogP contribution in [0.2, 0.25) is 0 Å². The average Bonchev–Trinajstić information content (AvgIpc) is 3.52. The molecule has 2 aliphatic heterocycles. The van der Waals surface area contributed by atoms with Gasteiger partial charge in [0.05, 0.1) is 26.0 Å². The minimum Gasteiger partial charge on any atom is -0.341 e. The molecule has 0 aliphatic carbocycles. The monoisotopic (exact) mass is 534 g/mol. The Kier molecular flexibility index (Phi) is 7.73. The van der Waals surface area contributed by atoms with Gasteiger partial charge in [0.1, 0.15) is 0 Å². The number of amides is 2. The summed E-state index contributed by atoms with van der Waals surface area (Å²) >= 11 is 2.35. The molecule has 0 aromatic carbocycles. The number of rotatable bonds is 8. The van der Waals surface area contributed by atoms with Crippen molar-refractivity contribution in [3.63, 3.8) is 0 Å². The second-order valence-electron chi connectivity index (χ2n) is 8.97. The number of Topliss-reactive ketones (excluding diaryl/α,β-unsaturated/α-hetero) is 1. The summed E-state index contributed by atoms with van der Waals surface area (Å²) in [5, 5.41) is 5.44. The predicted molar refractivity (Wildman–Crippen MR) is 145 cm³/mol. The number of hydrogen-bond acceptors (Lipinski definition) is 10. The first-order chi connectivity index (χ1) is 17.9. The van der Waals surface area contributed by atoms with E-state index in [1.165, 1.54) is 11.3 Å². The molecule has 3 aromatic heterocycles. The Morgan fingerprint density at radius 1 is 1.16 bits per heavy atom. The summed E-state index contributed by atoms with van der Waals surface area (Å²) in [5.74, 6) is 0.896. The number of carbonyl (C=O) groups excluding carboxylic acids is 3. The number of thiophene rings is 1. The Labute approximate surface area is 222 Å². The molecule has 0 radical (unpaired) electrons. The number of imide groups is 1. The van der Waals surface area contributed by atoms with Gasteiger partial charge in [-0.15, -0.1) is 11.3 Å². The Morgan fingerprint density at radius 2 is 2.00 bits per heavy atom. The highest BCUT2D eigenvalue weighted by atomic mass is 32.2. The van der Waals surface area contributed by atoms with Crippen LogP contribution in [0.15, 0.2) is 47.6 Å². The number of nitrogens with one attached hydrogen (secondary N) is 2. The number of pyridine rings is 1. The lowest BCUT2D eigenvalue weighted by molar-refractivity contribution is -0.115. The standard InChI is InChI=1S/C26H26N6O3S2/c1-16(33)21-4-5-22(36-21)20-3-2-18(15-29-20)14-27-13-17-7-10-32(11-8-17)25-28-9-6-19(30-25)12-23-24(34)31-26(35)37-23/h2-6,9,12,15,17,27H,7-8,10-11,13-14H2,1H3,(H,31,34,35)/b23-12-. The molecule has 2 saturated heterocycles. The molecule has 37 heavy (non-hydrogen) atoms. The summed E-state index contributed by atoms with van der Waals surface area (Å²) in [5.41, 5.74) is 2.62. The third-order valence-corrected chi connectivity index (χ3v) is 8.29. The summed E-state index contributed by atoms with van der Waals surface area (Å²) in [7, 11) is 0. The molecule has 0 spiro atoms. The lowest BCUT2D eigenvalue weighted by Crippen LogP contribution is -2.38. The van der Waals surface area contributed by atoms with Crippen molar-refractivity contribution in [2.75, 3.05) is 24.5 Å². The van der Waals surface area contributed by atoms with Gasteiger partial charge in [-0.25, -0.2) is 9.97 Å². The number of hydrogen-bond donors (Lipinski definition) is 2. The molecule has 9 nitrogen and oxygen atoms in total. The highest BCUT2D eigenvalue weighted by Crippen LogP contribution is 2.28. The molecule has 5 heterocycles. The van der Waals surface area contributed by atoms with Gasteiger partial charge >= 0.3 is 0 Å². The highest BCUT2D eigenvalue weighted by molar-refractivity contribution is 8.18. The van der Waals surface area contributed by atoms with Gasteiger partial charge in [0.2, 0.25) is 5.95 Å². The molecular formula is C26H26N6O3S2. The second kappa shape index (κ2) is 11.3. The SMILES string of the molecule is CC(=O)c1ccc(-c2ccc(CNCC3CCN(c4nccc(/C=C5\SC(=O)NC5=O)n4)CC3)cn2)s1. The molecule has 5 rings (SSSR count). The molecule has 0 unspecified atom stereocenters. The van der Waals surface area contributed by atoms with Crippen LogP contribution in [0.3, 0.4) is 0 Å². The van der Waals surface area contributed by atoms with Crippen LogP contribution in [0.1, 0.15) is 40.7 Å². The zero-order chi connectivity index (χ0) is 25.8. The molecule has 0 saturated carbocycles. The van der Waals surface area contributed by atoms with E-state index < -0.39 is 0 Å². The van der Waals surface area contributed by atoms with E-state index in [-0.39, 0.29) is 16.9 Å². The van der Waals surface area contributed by atoms with E-state index in [2.05, 4.69) is 36.6 Å². The van der Waals surface area contributed by atoms with Crippen molar-refractivity contribution < 1.29 is 14.4 Å². The van der Waals surface area contributed by atoms with Gasteiger partial charge in [0.15, 0.2) is 5.78 Å². The normalized spacial score (nSPS) is 17.4. The topological polar surface area (TPSA) is 117 Å². The maximum atomic E-state index is 11.8. The third kappa shape index (κ3) is 6.30. The van der Waals surface area contributed by atoms with E-state index in [1.54, 1.807) is 25.3 Å². The quantitative estimate of drug-likeness (QED) is 0.325. The van der Waals surface area contributed by atoms with E-state index in [9.17, 15) is 14.4 Å². The van der Waals surface area contributed by atoms with Crippen LogP contribution in [-0.2, 0) is 11.3 Å². The minimum absolute atomic E-state index is 0.0780. The molecule has 2 amide bonds. The van der Waals surface area contributed by atoms with Crippen molar-refractivity contribution in [1.29, 1.82) is 0 Å². The summed E-state index contributed by atoms with van der Waals surface area (Å²) < 4.78 is 0. The Morgan fingerprint density at radius 3 is 2.68 bits per heavy atom. The molecule has 2 fully saturated rings. The highest BCUT2D eigenvalue weighted by Gasteiger charge is 2.25. The first-order valence-corrected chi connectivity index (χ1v) is 13.7. The lowest BCUT2D eigenvalue weighted by atomic mass is 9.97. The van der Waals surface area contributed by atoms with E-state index in [0.717, 1.165) is 71.8 Å². The number of thioether (sulfide) groups is 1. The second-order valence-corrected chi connectivity index (χ2v) is 11.1. The van der Waals surface area contributed by atoms with Crippen LogP contribution in [0.5, 0.6) is 0 Å². The molecule has 0 atom stereocenters. The molecule has 0 bridgehead atoms. The first-order valence-electron chi connectivity index (χ1n) is 12.0. The fourth-order valence-corrected chi connectivity index (χ4v) is 5.79. The van der Waals surface area contributed by atoms with Crippen molar-refractivity contribution in [2.45, 2.75) is 26.3 Å². The van der Waals surface area contributed by atoms with Crippen molar-refractivity contribution in [2.24, 2.45) is 5.92 Å². The fraction of sp³-hybridized carbons (Fsp3) is 0.308. The number of aromatic nitrogens is 3. The molecule has 11 heteroatoms. The summed E-state index contributed by atoms with van der Waals surface area (Å²) in [4.78, 5) is 52.5. The van der Waals surface area contributed by atoms with Gasteiger partial charge in [0.25, 0.3) is 11.1 Å². The van der Waals surface area contributed by atoms with Crippen LogP contribution in [0.4, 0.5) is 10.7 Å². The number of anilines is 1. The molecular weight excluding hydrogens is 508 g/mol. The Bertz CT molecular complexity index is 1350. The predicted octanol–water partition coefficient (Wildman–Crippen LogP) is 4.13. The largest absolute Gasteiger partial charge is 0.341 e. The fourth-order valence-electron chi connectivity index (χ4n) is 4.25. The van der Waals surface area contributed by atoms with E-state index in [4.69, 9.17) is 0 Å². The molecule has 2 N–H and O–H groups in total. The summed E-state index contributed by atoms with van der Waals surface area (Å²) in [6.45, 7) is 4.98. The number of carbonyl (C=O) groups is 3. The van der Waals surface area contributed by atoms with E-state index in [1.807, 2.05) is 24.4 Å². The zero-order valence-electron chi connectivity index (χ0n) is 20.3. The van der Waals surface area contributed by atoms with Crippen molar-refractivity contribution in [1.82, 2.24) is 25.6 Å². The lowest BCUT2D eigenvalue weighted by Gasteiger charge is -2.32. The number of piperidine rings is 1. The smallest absolute Gasteiger partial charge is 0.290 e. The Balaban J connectivity index is 1.08. The maximum absolute atomic E-state index is 11.8. The Hall–Kier alpha value is -3.41. The van der Waals surface area contributed by atoms with Crippen molar-refractivity contribution >= 4 is 52.1 Å². The van der Waals surface area contributed by atoms with E-state index in [0.29, 0.717) is 22.5 Å². The van der Waals surface area contributed by atoms with Crippen LogP contribution in [0.25, 0.3) is 16.6 Å². The maximum Gasteiger partial charge on any atom is 0.290 e. The van der Waals surface area contributed by atoms with Gasteiger partial charge in [-0.3, -0.25) is 24.7 Å². The summed E-state index contributed by atoms with van der Waals surface area (Å²) in [6.07, 6.45) is 7.26. The third-order valence-electron chi connectivity index (χ3n) is 6.28. The number of ketones is 1. The molecule has 2 aliphatic rings. The van der Waals surface area contributed by atoms with E-state index >= 15 is 0 Å². The van der Waals surface area contributed by atoms with Gasteiger partial charge in [-0.05, 0) is 79.9 Å². The molecule has 3 aromatic rings.